The lowest BCUT2D eigenvalue weighted by Crippen LogP contribution is -2.14. The molecular formula is C9H11FN2. The Morgan fingerprint density at radius 3 is 3.08 bits per heavy atom. The molecule has 1 saturated heterocycles. The second-order valence-corrected chi connectivity index (χ2v) is 3.03. The summed E-state index contributed by atoms with van der Waals surface area (Å²) < 4.78 is 12.7. The average Bonchev–Trinajstić information content (AvgIpc) is 2.56. The fourth-order valence-electron chi connectivity index (χ4n) is 1.56. The highest BCUT2D eigenvalue weighted by Gasteiger charge is 2.17. The van der Waals surface area contributed by atoms with E-state index in [-0.39, 0.29) is 12.0 Å². The number of nitrogens with one attached hydrogen (secondary N) is 1. The van der Waals surface area contributed by atoms with Gasteiger partial charge in [-0.1, -0.05) is 6.07 Å². The first-order chi connectivity index (χ1) is 5.86. The summed E-state index contributed by atoms with van der Waals surface area (Å²) in [4.78, 5) is 3.83. The third-order valence-electron chi connectivity index (χ3n) is 2.15. The molecule has 1 N–H and O–H groups in total. The molecule has 1 aromatic rings. The molecule has 12 heavy (non-hydrogen) atoms. The van der Waals surface area contributed by atoms with E-state index >= 15 is 0 Å². The lowest BCUT2D eigenvalue weighted by atomic mass is 10.1. The summed E-state index contributed by atoms with van der Waals surface area (Å²) in [6.45, 7) is 1.02. The van der Waals surface area contributed by atoms with Crippen molar-refractivity contribution in [3.05, 3.63) is 29.8 Å². The zero-order valence-electron chi connectivity index (χ0n) is 6.76. The maximum Gasteiger partial charge on any atom is 0.213 e. The van der Waals surface area contributed by atoms with Crippen LogP contribution in [0.3, 0.4) is 0 Å². The van der Waals surface area contributed by atoms with Crippen molar-refractivity contribution in [2.24, 2.45) is 0 Å². The Labute approximate surface area is 70.8 Å². The van der Waals surface area contributed by atoms with Gasteiger partial charge in [0.1, 0.15) is 0 Å². The van der Waals surface area contributed by atoms with Gasteiger partial charge in [-0.05, 0) is 31.5 Å². The minimum atomic E-state index is -0.388. The standard InChI is InChI=1S/C9H11FN2/c10-9-5-1-3-8(12-9)7-4-2-6-11-7/h1,3,5,7,11H,2,4,6H2/t7-/m0/s1. The summed E-state index contributed by atoms with van der Waals surface area (Å²) in [7, 11) is 0. The number of halogens is 1. The smallest absolute Gasteiger partial charge is 0.213 e. The normalized spacial score (nSPS) is 22.9. The van der Waals surface area contributed by atoms with Gasteiger partial charge in [0.15, 0.2) is 0 Å². The zero-order chi connectivity index (χ0) is 8.39. The van der Waals surface area contributed by atoms with Gasteiger partial charge in [0.25, 0.3) is 0 Å². The molecule has 0 spiro atoms. The van der Waals surface area contributed by atoms with Crippen LogP contribution in [0.15, 0.2) is 18.2 Å². The number of nitrogens with zero attached hydrogens (tertiary/aromatic N) is 1. The van der Waals surface area contributed by atoms with E-state index in [9.17, 15) is 4.39 Å². The monoisotopic (exact) mass is 166 g/mol. The van der Waals surface area contributed by atoms with Crippen LogP contribution in [-0.2, 0) is 0 Å². The molecule has 0 amide bonds. The van der Waals surface area contributed by atoms with Gasteiger partial charge in [-0.3, -0.25) is 0 Å². The predicted molar refractivity (Wildman–Crippen MR) is 44.2 cm³/mol. The highest BCUT2D eigenvalue weighted by atomic mass is 19.1. The number of hydrogen-bond donors (Lipinski definition) is 1. The topological polar surface area (TPSA) is 24.9 Å². The van der Waals surface area contributed by atoms with Crippen LogP contribution in [0.1, 0.15) is 24.6 Å². The van der Waals surface area contributed by atoms with Gasteiger partial charge in [0, 0.05) is 6.04 Å². The van der Waals surface area contributed by atoms with Gasteiger partial charge in [0.05, 0.1) is 5.69 Å². The third-order valence-corrected chi connectivity index (χ3v) is 2.15. The molecule has 2 nitrogen and oxygen atoms in total. The van der Waals surface area contributed by atoms with Crippen molar-refractivity contribution in [3.63, 3.8) is 0 Å². The molecule has 1 aromatic heterocycles. The SMILES string of the molecule is Fc1cccc([C@@H]2CCCN2)n1. The van der Waals surface area contributed by atoms with Gasteiger partial charge in [-0.2, -0.15) is 4.39 Å². The van der Waals surface area contributed by atoms with Crippen LogP contribution in [0.25, 0.3) is 0 Å². The van der Waals surface area contributed by atoms with Crippen molar-refractivity contribution >= 4 is 0 Å². The largest absolute Gasteiger partial charge is 0.309 e. The Bertz CT molecular complexity index is 269. The van der Waals surface area contributed by atoms with Crippen molar-refractivity contribution in [1.29, 1.82) is 0 Å². The Balaban J connectivity index is 2.21. The van der Waals surface area contributed by atoms with Crippen molar-refractivity contribution in [1.82, 2.24) is 10.3 Å². The van der Waals surface area contributed by atoms with Gasteiger partial charge in [-0.15, -0.1) is 0 Å². The number of aromatic nitrogens is 1. The molecule has 2 heterocycles. The maximum atomic E-state index is 12.7. The first-order valence-electron chi connectivity index (χ1n) is 4.22. The van der Waals surface area contributed by atoms with Crippen LogP contribution in [0.5, 0.6) is 0 Å². The Hall–Kier alpha value is -0.960. The minimum Gasteiger partial charge on any atom is -0.309 e. The average molecular weight is 166 g/mol. The van der Waals surface area contributed by atoms with E-state index in [2.05, 4.69) is 10.3 Å². The highest BCUT2D eigenvalue weighted by molar-refractivity contribution is 5.10. The quantitative estimate of drug-likeness (QED) is 0.641. The summed E-state index contributed by atoms with van der Waals surface area (Å²) in [5.41, 5.74) is 0.826. The van der Waals surface area contributed by atoms with Gasteiger partial charge in [-0.25, -0.2) is 4.98 Å². The number of pyridine rings is 1. The summed E-state index contributed by atoms with van der Waals surface area (Å²) in [6, 6.07) is 5.21. The lowest BCUT2D eigenvalue weighted by Gasteiger charge is -2.08. The summed E-state index contributed by atoms with van der Waals surface area (Å²) in [6.07, 6.45) is 2.22. The van der Waals surface area contributed by atoms with Crippen molar-refractivity contribution in [3.8, 4) is 0 Å². The molecule has 1 aliphatic heterocycles. The summed E-state index contributed by atoms with van der Waals surface area (Å²) >= 11 is 0. The highest BCUT2D eigenvalue weighted by Crippen LogP contribution is 2.20. The van der Waals surface area contributed by atoms with Crippen LogP contribution < -0.4 is 5.32 Å². The molecule has 0 aromatic carbocycles. The molecule has 0 unspecified atom stereocenters. The molecular weight excluding hydrogens is 155 g/mol. The predicted octanol–water partition coefficient (Wildman–Crippen LogP) is 1.65. The molecule has 2 rings (SSSR count). The van der Waals surface area contributed by atoms with E-state index in [1.54, 1.807) is 6.07 Å². The van der Waals surface area contributed by atoms with E-state index in [1.165, 1.54) is 6.07 Å². The van der Waals surface area contributed by atoms with Crippen molar-refractivity contribution < 1.29 is 4.39 Å². The van der Waals surface area contributed by atoms with Gasteiger partial charge < -0.3 is 5.32 Å². The number of hydrogen-bond acceptors (Lipinski definition) is 2. The Morgan fingerprint density at radius 2 is 2.42 bits per heavy atom. The minimum absolute atomic E-state index is 0.265. The lowest BCUT2D eigenvalue weighted by molar-refractivity contribution is 0.551. The van der Waals surface area contributed by atoms with Crippen LogP contribution in [0.2, 0.25) is 0 Å². The number of rotatable bonds is 1. The van der Waals surface area contributed by atoms with Crippen LogP contribution in [0.4, 0.5) is 4.39 Å². The van der Waals surface area contributed by atoms with E-state index < -0.39 is 0 Å². The molecule has 64 valence electrons. The van der Waals surface area contributed by atoms with E-state index in [1.807, 2.05) is 6.07 Å². The summed E-state index contributed by atoms with van der Waals surface area (Å²) in [5.74, 6) is -0.388. The first kappa shape index (κ1) is 7.68. The van der Waals surface area contributed by atoms with E-state index in [4.69, 9.17) is 0 Å². The first-order valence-corrected chi connectivity index (χ1v) is 4.22. The van der Waals surface area contributed by atoms with Crippen LogP contribution in [-0.4, -0.2) is 11.5 Å². The van der Waals surface area contributed by atoms with Crippen molar-refractivity contribution in [2.45, 2.75) is 18.9 Å². The van der Waals surface area contributed by atoms with Crippen molar-refractivity contribution in [2.75, 3.05) is 6.54 Å². The fraction of sp³-hybridized carbons (Fsp3) is 0.444. The fourth-order valence-corrected chi connectivity index (χ4v) is 1.56. The second kappa shape index (κ2) is 3.19. The van der Waals surface area contributed by atoms with E-state index in [0.29, 0.717) is 0 Å². The molecule has 0 saturated carbocycles. The molecule has 0 aliphatic carbocycles. The third kappa shape index (κ3) is 1.46. The van der Waals surface area contributed by atoms with Crippen LogP contribution in [0, 0.1) is 5.95 Å². The molecule has 1 fully saturated rings. The molecule has 3 heteroatoms. The Kier molecular flexibility index (Phi) is 2.04. The zero-order valence-corrected chi connectivity index (χ0v) is 6.76. The molecule has 1 atom stereocenters. The van der Waals surface area contributed by atoms with E-state index in [0.717, 1.165) is 25.1 Å². The van der Waals surface area contributed by atoms with Crippen LogP contribution >= 0.6 is 0 Å². The molecule has 0 bridgehead atoms. The molecule has 1 aliphatic rings. The summed E-state index contributed by atoms with van der Waals surface area (Å²) in [5, 5.41) is 3.27. The van der Waals surface area contributed by atoms with Gasteiger partial charge in [0.2, 0.25) is 5.95 Å². The second-order valence-electron chi connectivity index (χ2n) is 3.03. The molecule has 0 radical (unpaired) electrons. The Morgan fingerprint density at radius 1 is 1.50 bits per heavy atom. The maximum absolute atomic E-state index is 12.7. The van der Waals surface area contributed by atoms with Gasteiger partial charge >= 0.3 is 0 Å².